The third-order valence-electron chi connectivity index (χ3n) is 4.33. The summed E-state index contributed by atoms with van der Waals surface area (Å²) in [6.45, 7) is 1.11. The summed E-state index contributed by atoms with van der Waals surface area (Å²) >= 11 is 3.67. The molecular formula is C17H16BrN3. The van der Waals surface area contributed by atoms with E-state index in [0.717, 1.165) is 23.1 Å². The predicted molar refractivity (Wildman–Crippen MR) is 90.8 cm³/mol. The zero-order chi connectivity index (χ0) is 14.6. The summed E-state index contributed by atoms with van der Waals surface area (Å²) in [6, 6.07) is 8.80. The van der Waals surface area contributed by atoms with Gasteiger partial charge < -0.3 is 9.47 Å². The lowest BCUT2D eigenvalue weighted by Gasteiger charge is -2.13. The third kappa shape index (κ3) is 1.89. The molecule has 0 N–H and O–H groups in total. The monoisotopic (exact) mass is 341 g/mol. The second-order valence-electron chi connectivity index (χ2n) is 5.66. The van der Waals surface area contributed by atoms with Crippen LogP contribution in [0.15, 0.2) is 41.1 Å². The van der Waals surface area contributed by atoms with Crippen molar-refractivity contribution in [2.24, 2.45) is 7.05 Å². The molecule has 1 aliphatic rings. The molecule has 4 heteroatoms. The van der Waals surface area contributed by atoms with E-state index in [9.17, 15) is 0 Å². The Morgan fingerprint density at radius 2 is 2.05 bits per heavy atom. The Morgan fingerprint density at radius 3 is 2.90 bits per heavy atom. The van der Waals surface area contributed by atoms with E-state index in [1.54, 1.807) is 0 Å². The fourth-order valence-electron chi connectivity index (χ4n) is 3.19. The van der Waals surface area contributed by atoms with Crippen LogP contribution in [0.25, 0.3) is 22.2 Å². The standard InChI is InChI=1S/C17H16BrN3/c1-20-8-6-11-3-4-12(9-15(11)20)13-10-21(2)17-16(13)14(18)5-7-19-17/h3-5,7,9-10H,6,8H2,1-2H3. The number of anilines is 1. The summed E-state index contributed by atoms with van der Waals surface area (Å²) in [7, 11) is 4.21. The fraction of sp³-hybridized carbons (Fsp3) is 0.235. The molecule has 4 rings (SSSR count). The Balaban J connectivity index is 1.97. The maximum Gasteiger partial charge on any atom is 0.141 e. The Labute approximate surface area is 132 Å². The SMILES string of the molecule is CN1CCc2ccc(-c3cn(C)c4nccc(Br)c34)cc21. The molecule has 0 unspecified atom stereocenters. The number of nitrogens with zero attached hydrogens (tertiary/aromatic N) is 3. The highest BCUT2D eigenvalue weighted by molar-refractivity contribution is 9.10. The minimum atomic E-state index is 1.01. The molecule has 0 atom stereocenters. The van der Waals surface area contributed by atoms with Gasteiger partial charge >= 0.3 is 0 Å². The quantitative estimate of drug-likeness (QED) is 0.667. The van der Waals surface area contributed by atoms with E-state index in [0.29, 0.717) is 0 Å². The highest BCUT2D eigenvalue weighted by Crippen LogP contribution is 2.37. The number of benzene rings is 1. The first-order valence-electron chi connectivity index (χ1n) is 7.09. The summed E-state index contributed by atoms with van der Waals surface area (Å²) in [6.07, 6.45) is 5.15. The molecule has 3 aromatic rings. The van der Waals surface area contributed by atoms with Gasteiger partial charge in [0.25, 0.3) is 0 Å². The number of hydrogen-bond donors (Lipinski definition) is 0. The van der Waals surface area contributed by atoms with Crippen LogP contribution in [-0.2, 0) is 13.5 Å². The van der Waals surface area contributed by atoms with Crippen molar-refractivity contribution in [2.45, 2.75) is 6.42 Å². The summed E-state index contributed by atoms with van der Waals surface area (Å²) in [4.78, 5) is 6.83. The van der Waals surface area contributed by atoms with Crippen LogP contribution >= 0.6 is 15.9 Å². The van der Waals surface area contributed by atoms with Crippen molar-refractivity contribution in [3.8, 4) is 11.1 Å². The molecule has 3 nitrogen and oxygen atoms in total. The maximum absolute atomic E-state index is 4.50. The second kappa shape index (κ2) is 4.60. The Bertz CT molecular complexity index is 851. The first kappa shape index (κ1) is 12.9. The van der Waals surface area contributed by atoms with Gasteiger partial charge in [0.05, 0.1) is 0 Å². The van der Waals surface area contributed by atoms with E-state index in [1.807, 2.05) is 19.3 Å². The van der Waals surface area contributed by atoms with Crippen molar-refractivity contribution >= 4 is 32.7 Å². The van der Waals surface area contributed by atoms with Crippen LogP contribution in [0.2, 0.25) is 0 Å². The molecule has 0 amide bonds. The summed E-state index contributed by atoms with van der Waals surface area (Å²) in [5.74, 6) is 0. The molecule has 0 fully saturated rings. The van der Waals surface area contributed by atoms with Crippen molar-refractivity contribution in [3.05, 3.63) is 46.7 Å². The van der Waals surface area contributed by atoms with Crippen LogP contribution in [0.1, 0.15) is 5.56 Å². The van der Waals surface area contributed by atoms with Gasteiger partial charge in [0.1, 0.15) is 5.65 Å². The molecule has 0 bridgehead atoms. The number of halogens is 1. The molecule has 1 aromatic carbocycles. The average molecular weight is 342 g/mol. The molecular weight excluding hydrogens is 326 g/mol. The summed E-state index contributed by atoms with van der Waals surface area (Å²) in [5.41, 5.74) is 6.29. The zero-order valence-corrected chi connectivity index (χ0v) is 13.7. The number of likely N-dealkylation sites (N-methyl/N-ethyl adjacent to an activating group) is 1. The van der Waals surface area contributed by atoms with Crippen LogP contribution in [0.4, 0.5) is 5.69 Å². The fourth-order valence-corrected chi connectivity index (χ4v) is 3.70. The van der Waals surface area contributed by atoms with Crippen molar-refractivity contribution in [1.82, 2.24) is 9.55 Å². The first-order valence-corrected chi connectivity index (χ1v) is 7.88. The van der Waals surface area contributed by atoms with Gasteiger partial charge in [-0.25, -0.2) is 4.98 Å². The topological polar surface area (TPSA) is 21.1 Å². The molecule has 106 valence electrons. The average Bonchev–Trinajstić information content (AvgIpc) is 3.02. The zero-order valence-electron chi connectivity index (χ0n) is 12.1. The van der Waals surface area contributed by atoms with E-state index in [1.165, 1.54) is 27.8 Å². The number of pyridine rings is 1. The van der Waals surface area contributed by atoms with Crippen LogP contribution in [-0.4, -0.2) is 23.1 Å². The lowest BCUT2D eigenvalue weighted by atomic mass is 10.0. The maximum atomic E-state index is 4.50. The molecule has 2 aromatic heterocycles. The van der Waals surface area contributed by atoms with E-state index >= 15 is 0 Å². The van der Waals surface area contributed by atoms with Crippen molar-refractivity contribution in [3.63, 3.8) is 0 Å². The minimum absolute atomic E-state index is 1.01. The van der Waals surface area contributed by atoms with Crippen LogP contribution in [0.5, 0.6) is 0 Å². The molecule has 0 saturated heterocycles. The molecule has 21 heavy (non-hydrogen) atoms. The summed E-state index contributed by atoms with van der Waals surface area (Å²) in [5, 5.41) is 1.18. The van der Waals surface area contributed by atoms with E-state index in [2.05, 4.69) is 61.8 Å². The molecule has 0 radical (unpaired) electrons. The predicted octanol–water partition coefficient (Wildman–Crippen LogP) is 4.00. The number of fused-ring (bicyclic) bond motifs is 2. The summed E-state index contributed by atoms with van der Waals surface area (Å²) < 4.78 is 3.18. The van der Waals surface area contributed by atoms with E-state index < -0.39 is 0 Å². The first-order chi connectivity index (χ1) is 10.1. The number of hydrogen-bond acceptors (Lipinski definition) is 2. The molecule has 3 heterocycles. The Hall–Kier alpha value is -1.81. The van der Waals surface area contributed by atoms with Gasteiger partial charge in [0, 0.05) is 54.1 Å². The largest absolute Gasteiger partial charge is 0.374 e. The normalized spacial score (nSPS) is 14.0. The molecule has 1 aliphatic heterocycles. The van der Waals surface area contributed by atoms with Crippen LogP contribution in [0.3, 0.4) is 0 Å². The molecule has 0 spiro atoms. The van der Waals surface area contributed by atoms with E-state index in [4.69, 9.17) is 0 Å². The third-order valence-corrected chi connectivity index (χ3v) is 4.99. The molecule has 0 aliphatic carbocycles. The number of aryl methyl sites for hydroxylation is 1. The highest BCUT2D eigenvalue weighted by Gasteiger charge is 2.18. The number of rotatable bonds is 1. The lowest BCUT2D eigenvalue weighted by molar-refractivity contribution is 0.949. The van der Waals surface area contributed by atoms with Gasteiger partial charge in [-0.05, 0) is 45.6 Å². The van der Waals surface area contributed by atoms with Crippen molar-refractivity contribution in [1.29, 1.82) is 0 Å². The smallest absolute Gasteiger partial charge is 0.141 e. The Kier molecular flexibility index (Phi) is 2.82. The van der Waals surface area contributed by atoms with Gasteiger partial charge in [-0.2, -0.15) is 0 Å². The van der Waals surface area contributed by atoms with Crippen molar-refractivity contribution in [2.75, 3.05) is 18.5 Å². The number of aromatic nitrogens is 2. The highest BCUT2D eigenvalue weighted by atomic mass is 79.9. The van der Waals surface area contributed by atoms with Gasteiger partial charge in [0.15, 0.2) is 0 Å². The lowest BCUT2D eigenvalue weighted by Crippen LogP contribution is -2.12. The molecule has 0 saturated carbocycles. The van der Waals surface area contributed by atoms with Crippen LogP contribution < -0.4 is 4.90 Å². The van der Waals surface area contributed by atoms with E-state index in [-0.39, 0.29) is 0 Å². The second-order valence-corrected chi connectivity index (χ2v) is 6.51. The van der Waals surface area contributed by atoms with Gasteiger partial charge in [0.2, 0.25) is 0 Å². The van der Waals surface area contributed by atoms with Gasteiger partial charge in [-0.3, -0.25) is 0 Å². The van der Waals surface area contributed by atoms with Gasteiger partial charge in [-0.15, -0.1) is 0 Å². The van der Waals surface area contributed by atoms with Gasteiger partial charge in [-0.1, -0.05) is 12.1 Å². The van der Waals surface area contributed by atoms with Crippen LogP contribution in [0, 0.1) is 0 Å². The van der Waals surface area contributed by atoms with Crippen molar-refractivity contribution < 1.29 is 0 Å². The Morgan fingerprint density at radius 1 is 1.19 bits per heavy atom. The minimum Gasteiger partial charge on any atom is -0.374 e.